The number of likely N-dealkylation sites (tertiary alicyclic amines) is 1. The number of hydrogen-bond acceptors (Lipinski definition) is 4. The molecule has 4 atom stereocenters. The second kappa shape index (κ2) is 5.91. The Balaban J connectivity index is 1.36. The van der Waals surface area contributed by atoms with Gasteiger partial charge in [-0.2, -0.15) is 5.10 Å². The molecule has 2 saturated heterocycles. The topological polar surface area (TPSA) is 50.6 Å². The summed E-state index contributed by atoms with van der Waals surface area (Å²) in [5.41, 5.74) is 1.21. The lowest BCUT2D eigenvalue weighted by Gasteiger charge is -2.34. The molecule has 1 aromatic rings. The van der Waals surface area contributed by atoms with Crippen LogP contribution >= 0.6 is 0 Å². The number of hydrogen-bond donors (Lipinski definition) is 0. The molecular formula is C17H26N4O2. The van der Waals surface area contributed by atoms with Crippen LogP contribution in [0.5, 0.6) is 0 Å². The van der Waals surface area contributed by atoms with Crippen LogP contribution in [0.25, 0.3) is 0 Å². The number of nitrogens with zero attached hydrogens (tertiary/aromatic N) is 4. The van der Waals surface area contributed by atoms with E-state index in [1.165, 1.54) is 5.56 Å². The van der Waals surface area contributed by atoms with Crippen molar-refractivity contribution in [1.29, 1.82) is 0 Å². The van der Waals surface area contributed by atoms with Gasteiger partial charge in [0.2, 0.25) is 5.91 Å². The van der Waals surface area contributed by atoms with Gasteiger partial charge in [-0.15, -0.1) is 0 Å². The van der Waals surface area contributed by atoms with Gasteiger partial charge in [-0.3, -0.25) is 14.4 Å². The Morgan fingerprint density at radius 3 is 2.78 bits per heavy atom. The Bertz CT molecular complexity index is 581. The number of rotatable bonds is 3. The first-order valence-electron chi connectivity index (χ1n) is 8.72. The number of amides is 1. The molecule has 6 heteroatoms. The minimum atomic E-state index is 0.176. The standard InChI is InChI=1S/C17H26N4O2/c1-12-9-21(11-16(12)20-3-5-23-6-4-20)17(22)15-7-14(15)13-8-18-19(2)10-13/h8,10,12,14-16H,3-7,9,11H2,1-2H3/t12-,14-,15-,16+/m1/s1. The fourth-order valence-corrected chi connectivity index (χ4v) is 4.22. The van der Waals surface area contributed by atoms with Crippen LogP contribution in [-0.4, -0.2) is 70.9 Å². The van der Waals surface area contributed by atoms with Gasteiger partial charge >= 0.3 is 0 Å². The molecule has 1 saturated carbocycles. The summed E-state index contributed by atoms with van der Waals surface area (Å²) in [4.78, 5) is 17.4. The molecule has 0 radical (unpaired) electrons. The Morgan fingerprint density at radius 2 is 2.09 bits per heavy atom. The fourth-order valence-electron chi connectivity index (χ4n) is 4.22. The third-order valence-corrected chi connectivity index (χ3v) is 5.66. The molecule has 1 aromatic heterocycles. The van der Waals surface area contributed by atoms with Crippen molar-refractivity contribution in [3.05, 3.63) is 18.0 Å². The van der Waals surface area contributed by atoms with Gasteiger partial charge in [0.15, 0.2) is 0 Å². The first-order valence-corrected chi connectivity index (χ1v) is 8.72. The van der Waals surface area contributed by atoms with Gasteiger partial charge in [-0.25, -0.2) is 0 Å². The fraction of sp³-hybridized carbons (Fsp3) is 0.765. The van der Waals surface area contributed by atoms with Crippen LogP contribution in [-0.2, 0) is 16.6 Å². The molecule has 1 aliphatic carbocycles. The highest BCUT2D eigenvalue weighted by molar-refractivity contribution is 5.83. The van der Waals surface area contributed by atoms with Crippen molar-refractivity contribution in [3.8, 4) is 0 Å². The van der Waals surface area contributed by atoms with E-state index in [1.807, 2.05) is 24.1 Å². The van der Waals surface area contributed by atoms with Gasteiger partial charge in [-0.1, -0.05) is 6.92 Å². The summed E-state index contributed by atoms with van der Waals surface area (Å²) in [7, 11) is 1.93. The highest BCUT2D eigenvalue weighted by Gasteiger charge is 2.48. The van der Waals surface area contributed by atoms with Crippen molar-refractivity contribution < 1.29 is 9.53 Å². The summed E-state index contributed by atoms with van der Waals surface area (Å²) < 4.78 is 7.27. The number of aryl methyl sites for hydroxylation is 1. The van der Waals surface area contributed by atoms with Crippen LogP contribution in [0.4, 0.5) is 0 Å². The predicted molar refractivity (Wildman–Crippen MR) is 86.0 cm³/mol. The average molecular weight is 318 g/mol. The highest BCUT2D eigenvalue weighted by Crippen LogP contribution is 2.48. The molecular weight excluding hydrogens is 292 g/mol. The van der Waals surface area contributed by atoms with Crippen molar-refractivity contribution in [2.75, 3.05) is 39.4 Å². The molecule has 6 nitrogen and oxygen atoms in total. The molecule has 126 valence electrons. The lowest BCUT2D eigenvalue weighted by molar-refractivity contribution is -0.131. The molecule has 3 heterocycles. The third-order valence-electron chi connectivity index (χ3n) is 5.66. The van der Waals surface area contributed by atoms with E-state index in [9.17, 15) is 4.79 Å². The summed E-state index contributed by atoms with van der Waals surface area (Å²) in [6.45, 7) is 7.70. The second-order valence-electron chi connectivity index (χ2n) is 7.33. The maximum Gasteiger partial charge on any atom is 0.226 e. The minimum Gasteiger partial charge on any atom is -0.379 e. The van der Waals surface area contributed by atoms with Crippen molar-refractivity contribution in [1.82, 2.24) is 19.6 Å². The van der Waals surface area contributed by atoms with Gasteiger partial charge in [0.05, 0.1) is 19.4 Å². The molecule has 4 rings (SSSR count). The third kappa shape index (κ3) is 2.90. The van der Waals surface area contributed by atoms with E-state index in [4.69, 9.17) is 4.74 Å². The van der Waals surface area contributed by atoms with Crippen molar-refractivity contribution in [2.45, 2.75) is 25.3 Å². The maximum atomic E-state index is 12.8. The number of morpholine rings is 1. The zero-order valence-corrected chi connectivity index (χ0v) is 14.0. The van der Waals surface area contributed by atoms with E-state index in [2.05, 4.69) is 21.8 Å². The quantitative estimate of drug-likeness (QED) is 0.823. The lowest BCUT2D eigenvalue weighted by atomic mass is 10.0. The SMILES string of the molecule is C[C@@H]1CN(C(=O)[C@@H]2C[C@@H]2c2cnn(C)c2)C[C@@H]1N1CCOCC1. The summed E-state index contributed by atoms with van der Waals surface area (Å²) >= 11 is 0. The zero-order valence-electron chi connectivity index (χ0n) is 14.0. The smallest absolute Gasteiger partial charge is 0.226 e. The Labute approximate surface area is 137 Å². The lowest BCUT2D eigenvalue weighted by Crippen LogP contribution is -2.47. The molecule has 0 spiro atoms. The molecule has 3 aliphatic rings. The minimum absolute atomic E-state index is 0.176. The van der Waals surface area contributed by atoms with E-state index in [1.54, 1.807) is 0 Å². The van der Waals surface area contributed by atoms with E-state index in [-0.39, 0.29) is 5.92 Å². The van der Waals surface area contributed by atoms with Gasteiger partial charge in [-0.05, 0) is 23.8 Å². The average Bonchev–Trinajstić information content (AvgIpc) is 3.09. The zero-order chi connectivity index (χ0) is 16.0. The molecule has 0 bridgehead atoms. The van der Waals surface area contributed by atoms with Crippen molar-refractivity contribution in [3.63, 3.8) is 0 Å². The number of aromatic nitrogens is 2. The van der Waals surface area contributed by atoms with Crippen LogP contribution < -0.4 is 0 Å². The van der Waals surface area contributed by atoms with Crippen LogP contribution in [0.2, 0.25) is 0 Å². The summed E-state index contributed by atoms with van der Waals surface area (Å²) in [5, 5.41) is 4.23. The second-order valence-corrected chi connectivity index (χ2v) is 7.33. The summed E-state index contributed by atoms with van der Waals surface area (Å²) in [6.07, 6.45) is 4.93. The number of carbonyl (C=O) groups is 1. The molecule has 3 fully saturated rings. The summed E-state index contributed by atoms with van der Waals surface area (Å²) in [5.74, 6) is 1.46. The largest absolute Gasteiger partial charge is 0.379 e. The first kappa shape index (κ1) is 15.1. The Kier molecular flexibility index (Phi) is 3.89. The Morgan fingerprint density at radius 1 is 1.30 bits per heavy atom. The molecule has 0 aromatic carbocycles. The molecule has 1 amide bonds. The van der Waals surface area contributed by atoms with E-state index >= 15 is 0 Å². The Hall–Kier alpha value is -1.40. The van der Waals surface area contributed by atoms with Gasteiger partial charge in [0, 0.05) is 51.4 Å². The molecule has 0 unspecified atom stereocenters. The van der Waals surface area contributed by atoms with Crippen molar-refractivity contribution >= 4 is 5.91 Å². The van der Waals surface area contributed by atoms with Crippen LogP contribution in [0.3, 0.4) is 0 Å². The summed E-state index contributed by atoms with van der Waals surface area (Å²) in [6, 6.07) is 0.499. The van der Waals surface area contributed by atoms with E-state index in [0.717, 1.165) is 45.8 Å². The van der Waals surface area contributed by atoms with Crippen LogP contribution in [0.1, 0.15) is 24.8 Å². The molecule has 2 aliphatic heterocycles. The highest BCUT2D eigenvalue weighted by atomic mass is 16.5. The van der Waals surface area contributed by atoms with Gasteiger partial charge in [0.1, 0.15) is 0 Å². The van der Waals surface area contributed by atoms with E-state index < -0.39 is 0 Å². The van der Waals surface area contributed by atoms with E-state index in [0.29, 0.717) is 23.8 Å². The predicted octanol–water partition coefficient (Wildman–Crippen LogP) is 0.703. The molecule has 0 N–H and O–H groups in total. The monoisotopic (exact) mass is 318 g/mol. The maximum absolute atomic E-state index is 12.8. The number of carbonyl (C=O) groups excluding carboxylic acids is 1. The molecule has 23 heavy (non-hydrogen) atoms. The van der Waals surface area contributed by atoms with Gasteiger partial charge < -0.3 is 9.64 Å². The van der Waals surface area contributed by atoms with Crippen LogP contribution in [0, 0.1) is 11.8 Å². The van der Waals surface area contributed by atoms with Crippen LogP contribution in [0.15, 0.2) is 12.4 Å². The van der Waals surface area contributed by atoms with Crippen molar-refractivity contribution in [2.24, 2.45) is 18.9 Å². The van der Waals surface area contributed by atoms with Gasteiger partial charge in [0.25, 0.3) is 0 Å². The number of ether oxygens (including phenoxy) is 1. The first-order chi connectivity index (χ1) is 11.1. The normalized spacial score (nSPS) is 34.8.